The zero-order chi connectivity index (χ0) is 8.60. The van der Waals surface area contributed by atoms with Crippen LogP contribution in [0.2, 0.25) is 0 Å². The third kappa shape index (κ3) is 1.34. The molecule has 2 nitrogen and oxygen atoms in total. The van der Waals surface area contributed by atoms with Crippen molar-refractivity contribution in [1.82, 2.24) is 0 Å². The van der Waals surface area contributed by atoms with Crippen molar-refractivity contribution in [3.63, 3.8) is 0 Å². The maximum absolute atomic E-state index is 8.64. The maximum Gasteiger partial charge on any atom is 0.173 e. The standard InChI is InChI=1S/C10H15NO/c1-10(9(7-11)12-10)6-8-4-2-3-5-8/h8-9H,2-6H2,1H3. The van der Waals surface area contributed by atoms with Crippen LogP contribution in [0.15, 0.2) is 0 Å². The quantitative estimate of drug-likeness (QED) is 0.588. The molecule has 0 N–H and O–H groups in total. The highest BCUT2D eigenvalue weighted by Gasteiger charge is 2.53. The van der Waals surface area contributed by atoms with E-state index in [0.717, 1.165) is 12.3 Å². The molecule has 2 rings (SSSR count). The molecule has 1 aliphatic carbocycles. The van der Waals surface area contributed by atoms with Gasteiger partial charge in [-0.1, -0.05) is 25.7 Å². The van der Waals surface area contributed by atoms with Gasteiger partial charge in [-0.05, 0) is 19.3 Å². The van der Waals surface area contributed by atoms with Crippen LogP contribution < -0.4 is 0 Å². The van der Waals surface area contributed by atoms with Gasteiger partial charge in [0.25, 0.3) is 0 Å². The molecule has 2 fully saturated rings. The van der Waals surface area contributed by atoms with Crippen molar-refractivity contribution in [2.24, 2.45) is 5.92 Å². The fourth-order valence-corrected chi connectivity index (χ4v) is 2.34. The SMILES string of the molecule is CC1(CC2CCCC2)OC1C#N. The first kappa shape index (κ1) is 8.07. The van der Waals surface area contributed by atoms with E-state index in [-0.39, 0.29) is 11.7 Å². The largest absolute Gasteiger partial charge is 0.350 e. The van der Waals surface area contributed by atoms with Crippen LogP contribution in [0.25, 0.3) is 0 Å². The first-order valence-corrected chi connectivity index (χ1v) is 4.82. The second-order valence-corrected chi connectivity index (χ2v) is 4.29. The summed E-state index contributed by atoms with van der Waals surface area (Å²) in [6.45, 7) is 2.07. The van der Waals surface area contributed by atoms with Gasteiger partial charge in [0.2, 0.25) is 0 Å². The van der Waals surface area contributed by atoms with Gasteiger partial charge in [0, 0.05) is 0 Å². The number of hydrogen-bond donors (Lipinski definition) is 0. The molecule has 1 aliphatic heterocycles. The van der Waals surface area contributed by atoms with E-state index in [1.807, 2.05) is 0 Å². The van der Waals surface area contributed by atoms with Crippen LogP contribution in [0.3, 0.4) is 0 Å². The lowest BCUT2D eigenvalue weighted by molar-refractivity contribution is 0.268. The summed E-state index contributed by atoms with van der Waals surface area (Å²) < 4.78 is 5.35. The Hall–Kier alpha value is -0.550. The third-order valence-electron chi connectivity index (χ3n) is 3.17. The Bertz CT molecular complexity index is 214. The van der Waals surface area contributed by atoms with Crippen molar-refractivity contribution in [2.45, 2.75) is 50.7 Å². The monoisotopic (exact) mass is 165 g/mol. The fourth-order valence-electron chi connectivity index (χ4n) is 2.34. The molecule has 0 amide bonds. The number of hydrogen-bond acceptors (Lipinski definition) is 2. The summed E-state index contributed by atoms with van der Waals surface area (Å²) in [7, 11) is 0. The van der Waals surface area contributed by atoms with Gasteiger partial charge in [-0.15, -0.1) is 0 Å². The molecule has 1 saturated carbocycles. The van der Waals surface area contributed by atoms with Crippen LogP contribution >= 0.6 is 0 Å². The Labute approximate surface area is 73.5 Å². The number of nitrogens with zero attached hydrogens (tertiary/aromatic N) is 1. The maximum atomic E-state index is 8.64. The first-order valence-electron chi connectivity index (χ1n) is 4.82. The molecule has 1 saturated heterocycles. The molecular formula is C10H15NO. The van der Waals surface area contributed by atoms with Gasteiger partial charge in [0.05, 0.1) is 6.07 Å². The summed E-state index contributed by atoms with van der Waals surface area (Å²) in [6.07, 6.45) is 6.42. The van der Waals surface area contributed by atoms with Crippen LogP contribution in [0.1, 0.15) is 39.0 Å². The highest BCUT2D eigenvalue weighted by molar-refractivity contribution is 5.12. The van der Waals surface area contributed by atoms with Crippen molar-refractivity contribution >= 4 is 0 Å². The van der Waals surface area contributed by atoms with Crippen molar-refractivity contribution in [1.29, 1.82) is 5.26 Å². The molecule has 1 heterocycles. The Morgan fingerprint density at radius 2 is 2.17 bits per heavy atom. The molecule has 12 heavy (non-hydrogen) atoms. The molecule has 0 aromatic heterocycles. The Balaban J connectivity index is 1.84. The van der Waals surface area contributed by atoms with E-state index in [0.29, 0.717) is 0 Å². The number of rotatable bonds is 2. The molecule has 0 spiro atoms. The van der Waals surface area contributed by atoms with Gasteiger partial charge in [-0.25, -0.2) is 0 Å². The Morgan fingerprint density at radius 3 is 2.67 bits per heavy atom. The topological polar surface area (TPSA) is 36.3 Å². The van der Waals surface area contributed by atoms with Crippen LogP contribution in [0.4, 0.5) is 0 Å². The van der Waals surface area contributed by atoms with Crippen molar-refractivity contribution in [2.75, 3.05) is 0 Å². The highest BCUT2D eigenvalue weighted by Crippen LogP contribution is 2.44. The zero-order valence-corrected chi connectivity index (χ0v) is 7.55. The molecule has 66 valence electrons. The second-order valence-electron chi connectivity index (χ2n) is 4.29. The summed E-state index contributed by atoms with van der Waals surface area (Å²) in [5, 5.41) is 8.64. The summed E-state index contributed by atoms with van der Waals surface area (Å²) >= 11 is 0. The van der Waals surface area contributed by atoms with E-state index in [1.165, 1.54) is 25.7 Å². The summed E-state index contributed by atoms with van der Waals surface area (Å²) in [5.41, 5.74) is -0.0796. The number of ether oxygens (including phenoxy) is 1. The van der Waals surface area contributed by atoms with Gasteiger partial charge in [-0.2, -0.15) is 5.26 Å². The Morgan fingerprint density at radius 1 is 1.50 bits per heavy atom. The predicted octanol–water partition coefficient (Wildman–Crippen LogP) is 2.25. The van der Waals surface area contributed by atoms with Crippen LogP contribution in [0, 0.1) is 17.2 Å². The summed E-state index contributed by atoms with van der Waals surface area (Å²) in [6, 6.07) is 2.18. The normalized spacial score (nSPS) is 41.2. The predicted molar refractivity (Wildman–Crippen MR) is 45.5 cm³/mol. The van der Waals surface area contributed by atoms with Crippen LogP contribution in [0.5, 0.6) is 0 Å². The smallest absolute Gasteiger partial charge is 0.173 e. The molecule has 2 atom stereocenters. The molecule has 2 unspecified atom stereocenters. The van der Waals surface area contributed by atoms with Crippen molar-refractivity contribution < 1.29 is 4.74 Å². The van der Waals surface area contributed by atoms with E-state index < -0.39 is 0 Å². The highest BCUT2D eigenvalue weighted by atomic mass is 16.6. The molecule has 2 aliphatic rings. The van der Waals surface area contributed by atoms with E-state index in [1.54, 1.807) is 0 Å². The van der Waals surface area contributed by atoms with Crippen molar-refractivity contribution in [3.05, 3.63) is 0 Å². The molecule has 0 radical (unpaired) electrons. The van der Waals surface area contributed by atoms with Gasteiger partial charge >= 0.3 is 0 Å². The minimum atomic E-state index is -0.113. The van der Waals surface area contributed by atoms with Gasteiger partial charge in [0.15, 0.2) is 6.10 Å². The van der Waals surface area contributed by atoms with Gasteiger partial charge in [0.1, 0.15) is 5.60 Å². The Kier molecular flexibility index (Phi) is 1.84. The summed E-state index contributed by atoms with van der Waals surface area (Å²) in [5.74, 6) is 0.827. The van der Waals surface area contributed by atoms with Gasteiger partial charge < -0.3 is 4.74 Å². The average molecular weight is 165 g/mol. The fraction of sp³-hybridized carbons (Fsp3) is 0.900. The molecule has 0 aromatic rings. The molecule has 2 heteroatoms. The van der Waals surface area contributed by atoms with E-state index in [2.05, 4.69) is 13.0 Å². The average Bonchev–Trinajstić information content (AvgIpc) is 2.48. The third-order valence-corrected chi connectivity index (χ3v) is 3.17. The lowest BCUT2D eigenvalue weighted by Crippen LogP contribution is -2.13. The van der Waals surface area contributed by atoms with E-state index in [9.17, 15) is 0 Å². The lowest BCUT2D eigenvalue weighted by Gasteiger charge is -2.11. The van der Waals surface area contributed by atoms with Gasteiger partial charge in [-0.3, -0.25) is 0 Å². The van der Waals surface area contributed by atoms with E-state index >= 15 is 0 Å². The van der Waals surface area contributed by atoms with Crippen LogP contribution in [-0.2, 0) is 4.74 Å². The zero-order valence-electron chi connectivity index (χ0n) is 7.55. The number of nitriles is 1. The van der Waals surface area contributed by atoms with Crippen LogP contribution in [-0.4, -0.2) is 11.7 Å². The minimum absolute atomic E-state index is 0.0796. The summed E-state index contributed by atoms with van der Waals surface area (Å²) in [4.78, 5) is 0. The minimum Gasteiger partial charge on any atom is -0.350 e. The first-order chi connectivity index (χ1) is 5.74. The lowest BCUT2D eigenvalue weighted by atomic mass is 9.92. The molecular weight excluding hydrogens is 150 g/mol. The van der Waals surface area contributed by atoms with E-state index in [4.69, 9.17) is 10.00 Å². The number of epoxide rings is 1. The molecule has 0 aromatic carbocycles. The second kappa shape index (κ2) is 2.74. The molecule has 0 bridgehead atoms. The van der Waals surface area contributed by atoms with Crippen molar-refractivity contribution in [3.8, 4) is 6.07 Å².